The third-order valence-corrected chi connectivity index (χ3v) is 5.78. The number of hydrazone groups is 1. The molecule has 7 nitrogen and oxygen atoms in total. The van der Waals surface area contributed by atoms with Crippen LogP contribution in [0, 0.1) is 13.8 Å². The van der Waals surface area contributed by atoms with Crippen LogP contribution in [0.25, 0.3) is 0 Å². The molecule has 0 unspecified atom stereocenters. The van der Waals surface area contributed by atoms with Gasteiger partial charge in [-0.15, -0.1) is 0 Å². The Morgan fingerprint density at radius 3 is 2.52 bits per heavy atom. The molecule has 0 bridgehead atoms. The lowest BCUT2D eigenvalue weighted by Crippen LogP contribution is -2.48. The normalized spacial score (nSPS) is 15.5. The highest BCUT2D eigenvalue weighted by atomic mass is 16.5. The number of aryl methyl sites for hydroxylation is 2. The van der Waals surface area contributed by atoms with Crippen LogP contribution in [0.15, 0.2) is 53.6 Å². The van der Waals surface area contributed by atoms with Crippen LogP contribution >= 0.6 is 0 Å². The number of ether oxygens (including phenoxy) is 1. The molecule has 176 valence electrons. The van der Waals surface area contributed by atoms with Crippen molar-refractivity contribution in [3.8, 4) is 0 Å². The van der Waals surface area contributed by atoms with Gasteiger partial charge in [0.25, 0.3) is 5.91 Å². The Morgan fingerprint density at radius 1 is 1.15 bits per heavy atom. The van der Waals surface area contributed by atoms with Crippen molar-refractivity contribution in [2.24, 2.45) is 5.10 Å². The molecular formula is C26H34N4O3. The van der Waals surface area contributed by atoms with Gasteiger partial charge in [0.05, 0.1) is 18.4 Å². The van der Waals surface area contributed by atoms with Crippen molar-refractivity contribution < 1.29 is 14.3 Å². The molecule has 2 aromatic carbocycles. The van der Waals surface area contributed by atoms with E-state index in [9.17, 15) is 9.59 Å². The van der Waals surface area contributed by atoms with Crippen LogP contribution in [0.1, 0.15) is 48.6 Å². The van der Waals surface area contributed by atoms with Gasteiger partial charge in [-0.1, -0.05) is 42.5 Å². The smallest absolute Gasteiger partial charge is 0.318 e. The van der Waals surface area contributed by atoms with E-state index in [1.165, 1.54) is 16.0 Å². The average molecular weight is 451 g/mol. The number of urea groups is 1. The van der Waals surface area contributed by atoms with Gasteiger partial charge in [-0.3, -0.25) is 4.79 Å². The highest BCUT2D eigenvalue weighted by molar-refractivity contribution is 6.03. The molecule has 3 rings (SSSR count). The first-order valence-electron chi connectivity index (χ1n) is 11.4. The van der Waals surface area contributed by atoms with Gasteiger partial charge in [-0.05, 0) is 56.0 Å². The maximum atomic E-state index is 13.4. The van der Waals surface area contributed by atoms with E-state index in [1.54, 1.807) is 12.1 Å². The molecule has 1 aliphatic heterocycles. The first-order chi connectivity index (χ1) is 15.8. The van der Waals surface area contributed by atoms with E-state index >= 15 is 0 Å². The standard InChI is InChI=1S/C26H34N4O3/c1-18(2)27-26(32)29(13-14-33-5)17-25(31)30-24(21-9-7-6-8-10-21)16-23(28-30)22-12-11-19(3)20(4)15-22/h6-12,15,18,24H,13-14,16-17H2,1-5H3,(H,27,32)/t24-/m1/s1. The van der Waals surface area contributed by atoms with Gasteiger partial charge in [0.1, 0.15) is 6.54 Å². The second-order valence-electron chi connectivity index (χ2n) is 8.73. The first-order valence-corrected chi connectivity index (χ1v) is 11.4. The number of nitrogens with one attached hydrogen (secondary N) is 1. The molecule has 1 atom stereocenters. The average Bonchev–Trinajstić information content (AvgIpc) is 3.24. The first kappa shape index (κ1) is 24.5. The van der Waals surface area contributed by atoms with Crippen LogP contribution in [-0.2, 0) is 9.53 Å². The molecule has 0 saturated heterocycles. The number of carbonyl (C=O) groups excluding carboxylic acids is 2. The molecular weight excluding hydrogens is 416 g/mol. The maximum Gasteiger partial charge on any atom is 0.318 e. The van der Waals surface area contributed by atoms with Crippen LogP contribution < -0.4 is 5.32 Å². The SMILES string of the molecule is COCCN(CC(=O)N1N=C(c2ccc(C)c(C)c2)C[C@@H]1c1ccccc1)C(=O)NC(C)C. The van der Waals surface area contributed by atoms with E-state index in [0.717, 1.165) is 16.8 Å². The van der Waals surface area contributed by atoms with Crippen molar-refractivity contribution in [2.45, 2.75) is 46.2 Å². The highest BCUT2D eigenvalue weighted by Crippen LogP contribution is 2.33. The number of rotatable bonds is 8. The summed E-state index contributed by atoms with van der Waals surface area (Å²) >= 11 is 0. The molecule has 0 radical (unpaired) electrons. The summed E-state index contributed by atoms with van der Waals surface area (Å²) in [6.07, 6.45) is 0.620. The molecule has 1 aliphatic rings. The van der Waals surface area contributed by atoms with Crippen molar-refractivity contribution in [1.29, 1.82) is 0 Å². The number of carbonyl (C=O) groups is 2. The molecule has 1 N–H and O–H groups in total. The fourth-order valence-electron chi connectivity index (χ4n) is 3.80. The monoisotopic (exact) mass is 450 g/mol. The number of nitrogens with zero attached hydrogens (tertiary/aromatic N) is 3. The van der Waals surface area contributed by atoms with Gasteiger partial charge in [0.15, 0.2) is 0 Å². The predicted octanol–water partition coefficient (Wildman–Crippen LogP) is 4.05. The molecule has 0 aromatic heterocycles. The third-order valence-electron chi connectivity index (χ3n) is 5.78. The van der Waals surface area contributed by atoms with Crippen LogP contribution in [0.3, 0.4) is 0 Å². The lowest BCUT2D eigenvalue weighted by atomic mass is 9.96. The third kappa shape index (κ3) is 6.20. The summed E-state index contributed by atoms with van der Waals surface area (Å²) in [6.45, 7) is 8.52. The number of benzene rings is 2. The van der Waals surface area contributed by atoms with Crippen molar-refractivity contribution >= 4 is 17.6 Å². The van der Waals surface area contributed by atoms with Crippen molar-refractivity contribution in [3.63, 3.8) is 0 Å². The summed E-state index contributed by atoms with van der Waals surface area (Å²) in [6, 6.07) is 15.6. The van der Waals surface area contributed by atoms with Crippen molar-refractivity contribution in [3.05, 3.63) is 70.8 Å². The van der Waals surface area contributed by atoms with Gasteiger partial charge in [-0.2, -0.15) is 5.10 Å². The van der Waals surface area contributed by atoms with Crippen LogP contribution in [-0.4, -0.2) is 60.4 Å². The minimum absolute atomic E-state index is 0.0316. The lowest BCUT2D eigenvalue weighted by Gasteiger charge is -2.27. The Hall–Kier alpha value is -3.19. The second-order valence-corrected chi connectivity index (χ2v) is 8.73. The molecule has 0 fully saturated rings. The molecule has 1 heterocycles. The molecule has 7 heteroatoms. The summed E-state index contributed by atoms with van der Waals surface area (Å²) in [7, 11) is 1.58. The molecule has 0 saturated carbocycles. The number of hydrogen-bond acceptors (Lipinski definition) is 4. The molecule has 0 spiro atoms. The minimum atomic E-state index is -0.288. The molecule has 3 amide bonds. The van der Waals surface area contributed by atoms with E-state index < -0.39 is 0 Å². The van der Waals surface area contributed by atoms with Crippen LogP contribution in [0.2, 0.25) is 0 Å². The van der Waals surface area contributed by atoms with Crippen LogP contribution in [0.5, 0.6) is 0 Å². The zero-order valence-electron chi connectivity index (χ0n) is 20.2. The summed E-state index contributed by atoms with van der Waals surface area (Å²) in [4.78, 5) is 27.6. The van der Waals surface area contributed by atoms with Gasteiger partial charge >= 0.3 is 6.03 Å². The Balaban J connectivity index is 1.88. The summed E-state index contributed by atoms with van der Waals surface area (Å²) in [5.74, 6) is -0.224. The van der Waals surface area contributed by atoms with Gasteiger partial charge < -0.3 is 15.0 Å². The maximum absolute atomic E-state index is 13.4. The van der Waals surface area contributed by atoms with Gasteiger partial charge in [0, 0.05) is 26.1 Å². The van der Waals surface area contributed by atoms with E-state index in [4.69, 9.17) is 9.84 Å². The molecule has 0 aliphatic carbocycles. The summed E-state index contributed by atoms with van der Waals surface area (Å²) in [5, 5.41) is 9.16. The second kappa shape index (κ2) is 11.1. The zero-order valence-corrected chi connectivity index (χ0v) is 20.2. The fourth-order valence-corrected chi connectivity index (χ4v) is 3.80. The highest BCUT2D eigenvalue weighted by Gasteiger charge is 2.34. The van der Waals surface area contributed by atoms with Gasteiger partial charge in [0.2, 0.25) is 0 Å². The van der Waals surface area contributed by atoms with E-state index in [0.29, 0.717) is 19.6 Å². The van der Waals surface area contributed by atoms with Crippen LogP contribution in [0.4, 0.5) is 4.79 Å². The number of hydrogen-bond donors (Lipinski definition) is 1. The fraction of sp³-hybridized carbons (Fsp3) is 0.423. The van der Waals surface area contributed by atoms with E-state index in [2.05, 4.69) is 37.4 Å². The van der Waals surface area contributed by atoms with E-state index in [1.807, 2.05) is 44.2 Å². The minimum Gasteiger partial charge on any atom is -0.383 e. The summed E-state index contributed by atoms with van der Waals surface area (Å²) < 4.78 is 5.15. The topological polar surface area (TPSA) is 74.2 Å². The van der Waals surface area contributed by atoms with Gasteiger partial charge in [-0.25, -0.2) is 9.80 Å². The number of amides is 3. The Morgan fingerprint density at radius 2 is 1.88 bits per heavy atom. The van der Waals surface area contributed by atoms with E-state index in [-0.39, 0.29) is 30.6 Å². The quantitative estimate of drug-likeness (QED) is 0.659. The zero-order chi connectivity index (χ0) is 24.0. The lowest BCUT2D eigenvalue weighted by molar-refractivity contribution is -0.133. The predicted molar refractivity (Wildman–Crippen MR) is 130 cm³/mol. The summed E-state index contributed by atoms with van der Waals surface area (Å²) in [5.41, 5.74) is 5.31. The Bertz CT molecular complexity index is 1000. The Kier molecular flexibility index (Phi) is 8.22. The largest absolute Gasteiger partial charge is 0.383 e. The van der Waals surface area contributed by atoms with Crippen molar-refractivity contribution in [1.82, 2.24) is 15.2 Å². The molecule has 2 aromatic rings. The van der Waals surface area contributed by atoms with Crippen molar-refractivity contribution in [2.75, 3.05) is 26.8 Å². The molecule has 33 heavy (non-hydrogen) atoms. The number of methoxy groups -OCH3 is 1. The Labute approximate surface area is 196 Å².